The van der Waals surface area contributed by atoms with E-state index in [2.05, 4.69) is 22.4 Å². The van der Waals surface area contributed by atoms with Gasteiger partial charge in [-0.1, -0.05) is 12.1 Å². The lowest BCUT2D eigenvalue weighted by Crippen LogP contribution is -2.16. The summed E-state index contributed by atoms with van der Waals surface area (Å²) in [6.07, 6.45) is 3.22. The molecule has 84 valence electrons. The van der Waals surface area contributed by atoms with E-state index in [-0.39, 0.29) is 0 Å². The van der Waals surface area contributed by atoms with Gasteiger partial charge in [0.15, 0.2) is 5.82 Å². The molecule has 0 spiro atoms. The molecule has 5 nitrogen and oxygen atoms in total. The maximum Gasteiger partial charge on any atom is 0.321 e. The number of ether oxygens (including phenoxy) is 1. The molecule has 5 heteroatoms. The van der Waals surface area contributed by atoms with Crippen LogP contribution in [0.3, 0.4) is 0 Å². The molecule has 0 bridgehead atoms. The number of nitrogens with one attached hydrogen (secondary N) is 1. The molecule has 15 heavy (non-hydrogen) atoms. The second kappa shape index (κ2) is 5.11. The summed E-state index contributed by atoms with van der Waals surface area (Å²) in [5.41, 5.74) is 0. The van der Waals surface area contributed by atoms with Crippen LogP contribution in [0.1, 0.15) is 37.9 Å². The first-order valence-corrected chi connectivity index (χ1v) is 5.55. The fourth-order valence-electron chi connectivity index (χ4n) is 1.65. The first kappa shape index (κ1) is 10.4. The zero-order chi connectivity index (χ0) is 10.5. The molecule has 1 aliphatic rings. The van der Waals surface area contributed by atoms with Gasteiger partial charge in [0.05, 0.1) is 6.61 Å². The van der Waals surface area contributed by atoms with E-state index < -0.39 is 0 Å². The van der Waals surface area contributed by atoms with Crippen molar-refractivity contribution < 1.29 is 9.26 Å². The van der Waals surface area contributed by atoms with Gasteiger partial charge in [-0.2, -0.15) is 4.98 Å². The van der Waals surface area contributed by atoms with Crippen LogP contribution < -0.4 is 5.32 Å². The third-order valence-electron chi connectivity index (χ3n) is 2.49. The zero-order valence-corrected chi connectivity index (χ0v) is 9.03. The van der Waals surface area contributed by atoms with Gasteiger partial charge < -0.3 is 14.6 Å². The Labute approximate surface area is 89.2 Å². The number of aromatic nitrogens is 2. The van der Waals surface area contributed by atoms with Gasteiger partial charge in [-0.3, -0.25) is 0 Å². The molecule has 0 aliphatic carbocycles. The molecule has 1 atom stereocenters. The van der Waals surface area contributed by atoms with E-state index in [1.165, 1.54) is 0 Å². The van der Waals surface area contributed by atoms with Crippen molar-refractivity contribution in [1.29, 1.82) is 0 Å². The third kappa shape index (κ3) is 2.68. The molecule has 1 fully saturated rings. The lowest BCUT2D eigenvalue weighted by atomic mass is 10.0. The van der Waals surface area contributed by atoms with Crippen molar-refractivity contribution in [3.63, 3.8) is 0 Å². The number of nitrogens with zero attached hydrogens (tertiary/aromatic N) is 2. The van der Waals surface area contributed by atoms with Crippen LogP contribution in [0.2, 0.25) is 0 Å². The molecule has 0 saturated carbocycles. The molecule has 1 N–H and O–H groups in total. The lowest BCUT2D eigenvalue weighted by Gasteiger charge is -2.18. The van der Waals surface area contributed by atoms with Crippen molar-refractivity contribution in [1.82, 2.24) is 10.1 Å². The van der Waals surface area contributed by atoms with Gasteiger partial charge in [0, 0.05) is 19.1 Å². The van der Waals surface area contributed by atoms with Crippen LogP contribution in [-0.2, 0) is 4.74 Å². The van der Waals surface area contributed by atoms with Crippen LogP contribution >= 0.6 is 0 Å². The molecule has 1 unspecified atom stereocenters. The van der Waals surface area contributed by atoms with E-state index in [1.807, 2.05) is 0 Å². The van der Waals surface area contributed by atoms with Crippen LogP contribution in [-0.4, -0.2) is 29.9 Å². The fraction of sp³-hybridized carbons (Fsp3) is 0.800. The molecule has 2 rings (SSSR count). The highest BCUT2D eigenvalue weighted by Gasteiger charge is 2.21. The van der Waals surface area contributed by atoms with Crippen LogP contribution in [0.4, 0.5) is 6.01 Å². The summed E-state index contributed by atoms with van der Waals surface area (Å²) >= 11 is 0. The molecule has 1 aliphatic heterocycles. The fourth-order valence-corrected chi connectivity index (χ4v) is 1.65. The average molecular weight is 211 g/mol. The summed E-state index contributed by atoms with van der Waals surface area (Å²) in [6.45, 7) is 4.53. The average Bonchev–Trinajstić information content (AvgIpc) is 2.76. The van der Waals surface area contributed by atoms with Crippen molar-refractivity contribution in [3.8, 4) is 0 Å². The Kier molecular flexibility index (Phi) is 3.55. The van der Waals surface area contributed by atoms with E-state index in [0.717, 1.165) is 38.2 Å². The highest BCUT2D eigenvalue weighted by molar-refractivity contribution is 5.18. The van der Waals surface area contributed by atoms with Gasteiger partial charge in [-0.25, -0.2) is 0 Å². The van der Waals surface area contributed by atoms with E-state index >= 15 is 0 Å². The topological polar surface area (TPSA) is 60.2 Å². The standard InChI is InChI=1S/C10H17N3O2/c1-2-5-11-10-12-9(13-15-10)8-4-3-6-14-7-8/h8H,2-7H2,1H3,(H,11,12,13). The predicted molar refractivity (Wildman–Crippen MR) is 55.9 cm³/mol. The summed E-state index contributed by atoms with van der Waals surface area (Å²) in [6, 6.07) is 0.525. The van der Waals surface area contributed by atoms with E-state index in [0.29, 0.717) is 18.5 Å². The lowest BCUT2D eigenvalue weighted by molar-refractivity contribution is 0.0773. The van der Waals surface area contributed by atoms with E-state index in [9.17, 15) is 0 Å². The van der Waals surface area contributed by atoms with Gasteiger partial charge in [0.2, 0.25) is 0 Å². The highest BCUT2D eigenvalue weighted by atomic mass is 16.5. The number of hydrogen-bond acceptors (Lipinski definition) is 5. The van der Waals surface area contributed by atoms with E-state index in [1.54, 1.807) is 0 Å². The molecule has 1 saturated heterocycles. The van der Waals surface area contributed by atoms with Crippen LogP contribution in [0.15, 0.2) is 4.52 Å². The molecule has 1 aromatic heterocycles. The van der Waals surface area contributed by atoms with Gasteiger partial charge in [0.25, 0.3) is 0 Å². The third-order valence-corrected chi connectivity index (χ3v) is 2.49. The summed E-state index contributed by atoms with van der Waals surface area (Å²) < 4.78 is 10.5. The molecule has 0 radical (unpaired) electrons. The van der Waals surface area contributed by atoms with Gasteiger partial charge in [-0.15, -0.1) is 0 Å². The first-order valence-electron chi connectivity index (χ1n) is 5.55. The Bertz CT molecular complexity index is 295. The van der Waals surface area contributed by atoms with Crippen molar-refractivity contribution in [2.45, 2.75) is 32.1 Å². The minimum absolute atomic E-state index is 0.305. The van der Waals surface area contributed by atoms with Crippen LogP contribution in [0.5, 0.6) is 0 Å². The number of anilines is 1. The maximum atomic E-state index is 5.38. The normalized spacial score (nSPS) is 21.5. The summed E-state index contributed by atoms with van der Waals surface area (Å²) in [4.78, 5) is 4.30. The van der Waals surface area contributed by atoms with Gasteiger partial charge in [-0.05, 0) is 19.3 Å². The summed E-state index contributed by atoms with van der Waals surface area (Å²) in [7, 11) is 0. The SMILES string of the molecule is CCCNc1nc(C2CCCOC2)no1. The first-order chi connectivity index (χ1) is 7.40. The van der Waals surface area contributed by atoms with Crippen molar-refractivity contribution >= 4 is 6.01 Å². The van der Waals surface area contributed by atoms with E-state index in [4.69, 9.17) is 9.26 Å². The number of rotatable bonds is 4. The Morgan fingerprint density at radius 1 is 1.53 bits per heavy atom. The van der Waals surface area contributed by atoms with Gasteiger partial charge in [0.1, 0.15) is 0 Å². The number of hydrogen-bond donors (Lipinski definition) is 1. The van der Waals surface area contributed by atoms with Gasteiger partial charge >= 0.3 is 6.01 Å². The molecule has 0 aromatic carbocycles. The maximum absolute atomic E-state index is 5.38. The minimum Gasteiger partial charge on any atom is -0.381 e. The van der Waals surface area contributed by atoms with Crippen LogP contribution in [0, 0.1) is 0 Å². The predicted octanol–water partition coefficient (Wildman–Crippen LogP) is 1.79. The zero-order valence-electron chi connectivity index (χ0n) is 9.03. The molecular formula is C10H17N3O2. The van der Waals surface area contributed by atoms with Crippen LogP contribution in [0.25, 0.3) is 0 Å². The summed E-state index contributed by atoms with van der Waals surface area (Å²) in [5, 5.41) is 7.04. The van der Waals surface area contributed by atoms with Crippen molar-refractivity contribution in [2.75, 3.05) is 25.1 Å². The molecule has 0 amide bonds. The minimum atomic E-state index is 0.305. The quantitative estimate of drug-likeness (QED) is 0.822. The molecule has 2 heterocycles. The monoisotopic (exact) mass is 211 g/mol. The Balaban J connectivity index is 1.93. The summed E-state index contributed by atoms with van der Waals surface area (Å²) in [5.74, 6) is 1.08. The van der Waals surface area contributed by atoms with Crippen molar-refractivity contribution in [3.05, 3.63) is 5.82 Å². The smallest absolute Gasteiger partial charge is 0.321 e. The second-order valence-electron chi connectivity index (χ2n) is 3.80. The van der Waals surface area contributed by atoms with Crippen molar-refractivity contribution in [2.24, 2.45) is 0 Å². The highest BCUT2D eigenvalue weighted by Crippen LogP contribution is 2.23. The Hall–Kier alpha value is -1.10. The largest absolute Gasteiger partial charge is 0.381 e. The Morgan fingerprint density at radius 2 is 2.47 bits per heavy atom. The molecule has 1 aromatic rings. The Morgan fingerprint density at radius 3 is 3.20 bits per heavy atom. The molecular weight excluding hydrogens is 194 g/mol. The second-order valence-corrected chi connectivity index (χ2v) is 3.80.